The van der Waals surface area contributed by atoms with Gasteiger partial charge in [0.05, 0.1) is 19.1 Å². The van der Waals surface area contributed by atoms with Gasteiger partial charge in [0, 0.05) is 6.42 Å². The van der Waals surface area contributed by atoms with Crippen molar-refractivity contribution < 1.29 is 19.1 Å². The van der Waals surface area contributed by atoms with Crippen LogP contribution in [-0.2, 0) is 19.1 Å². The number of esters is 2. The average molecular weight is 314 g/mol. The van der Waals surface area contributed by atoms with Crippen LogP contribution in [0.1, 0.15) is 85.0 Å². The summed E-state index contributed by atoms with van der Waals surface area (Å²) in [6.07, 6.45) is 10.2. The standard InChI is InChI=1S/C18H34O4/c1-4-7-8-9-10-11-12-13-16(18(20)22-6-3)14-15-17(19)21-5-2/h16H,4-15H2,1-3H3. The molecule has 0 spiro atoms. The molecule has 0 amide bonds. The normalized spacial score (nSPS) is 12.0. The van der Waals surface area contributed by atoms with E-state index >= 15 is 0 Å². The molecule has 0 aliphatic carbocycles. The van der Waals surface area contributed by atoms with E-state index in [1.807, 2.05) is 6.92 Å². The first-order valence-corrected chi connectivity index (χ1v) is 8.97. The molecule has 0 aromatic carbocycles. The summed E-state index contributed by atoms with van der Waals surface area (Å²) < 4.78 is 10.0. The lowest BCUT2D eigenvalue weighted by Gasteiger charge is -2.15. The van der Waals surface area contributed by atoms with Gasteiger partial charge in [0.25, 0.3) is 0 Å². The van der Waals surface area contributed by atoms with Crippen molar-refractivity contribution in [1.82, 2.24) is 0 Å². The zero-order valence-electron chi connectivity index (χ0n) is 14.7. The molecule has 0 rings (SSSR count). The highest BCUT2D eigenvalue weighted by Crippen LogP contribution is 2.19. The summed E-state index contributed by atoms with van der Waals surface area (Å²) in [6, 6.07) is 0. The molecule has 0 saturated carbocycles. The van der Waals surface area contributed by atoms with Crippen LogP contribution in [-0.4, -0.2) is 25.2 Å². The Hall–Kier alpha value is -1.06. The molecule has 0 bridgehead atoms. The van der Waals surface area contributed by atoms with Gasteiger partial charge >= 0.3 is 11.9 Å². The third-order valence-corrected chi connectivity index (χ3v) is 3.78. The van der Waals surface area contributed by atoms with E-state index in [0.717, 1.165) is 19.3 Å². The number of carbonyl (C=O) groups is 2. The van der Waals surface area contributed by atoms with Gasteiger partial charge in [-0.25, -0.2) is 0 Å². The summed E-state index contributed by atoms with van der Waals surface area (Å²) in [5, 5.41) is 0. The van der Waals surface area contributed by atoms with Crippen molar-refractivity contribution in [2.24, 2.45) is 5.92 Å². The van der Waals surface area contributed by atoms with Crippen molar-refractivity contribution in [3.8, 4) is 0 Å². The highest BCUT2D eigenvalue weighted by molar-refractivity contribution is 5.74. The Morgan fingerprint density at radius 1 is 0.773 bits per heavy atom. The zero-order valence-corrected chi connectivity index (χ0v) is 14.7. The maximum atomic E-state index is 11.9. The van der Waals surface area contributed by atoms with Gasteiger partial charge < -0.3 is 9.47 Å². The lowest BCUT2D eigenvalue weighted by Crippen LogP contribution is -2.19. The van der Waals surface area contributed by atoms with Gasteiger partial charge in [-0.1, -0.05) is 51.9 Å². The number of ether oxygens (including phenoxy) is 2. The minimum Gasteiger partial charge on any atom is -0.466 e. The molecule has 0 fully saturated rings. The molecular weight excluding hydrogens is 280 g/mol. The van der Waals surface area contributed by atoms with E-state index in [2.05, 4.69) is 6.92 Å². The van der Waals surface area contributed by atoms with Crippen LogP contribution < -0.4 is 0 Å². The minimum atomic E-state index is -0.226. The van der Waals surface area contributed by atoms with E-state index in [4.69, 9.17) is 9.47 Å². The summed E-state index contributed by atoms with van der Waals surface area (Å²) in [5.41, 5.74) is 0. The smallest absolute Gasteiger partial charge is 0.308 e. The third-order valence-electron chi connectivity index (χ3n) is 3.78. The average Bonchev–Trinajstić information content (AvgIpc) is 2.49. The number of rotatable bonds is 14. The molecule has 22 heavy (non-hydrogen) atoms. The van der Waals surface area contributed by atoms with Crippen molar-refractivity contribution in [2.75, 3.05) is 13.2 Å². The molecule has 0 N–H and O–H groups in total. The van der Waals surface area contributed by atoms with Gasteiger partial charge in [0.1, 0.15) is 0 Å². The third kappa shape index (κ3) is 11.6. The molecule has 0 aromatic rings. The number of hydrogen-bond acceptors (Lipinski definition) is 4. The van der Waals surface area contributed by atoms with Crippen molar-refractivity contribution >= 4 is 11.9 Å². The number of hydrogen-bond donors (Lipinski definition) is 0. The molecule has 0 saturated heterocycles. The molecule has 4 heteroatoms. The number of unbranched alkanes of at least 4 members (excludes halogenated alkanes) is 6. The van der Waals surface area contributed by atoms with Crippen LogP contribution in [0.3, 0.4) is 0 Å². The van der Waals surface area contributed by atoms with Crippen LogP contribution in [0, 0.1) is 5.92 Å². The SMILES string of the molecule is CCCCCCCCCC(CCC(=O)OCC)C(=O)OCC. The predicted molar refractivity (Wildman–Crippen MR) is 88.6 cm³/mol. The molecule has 0 aliphatic rings. The van der Waals surface area contributed by atoms with Gasteiger partial charge in [0.2, 0.25) is 0 Å². The van der Waals surface area contributed by atoms with Crippen molar-refractivity contribution in [3.05, 3.63) is 0 Å². The van der Waals surface area contributed by atoms with Crippen LogP contribution in [0.4, 0.5) is 0 Å². The monoisotopic (exact) mass is 314 g/mol. The Morgan fingerprint density at radius 2 is 1.36 bits per heavy atom. The quantitative estimate of drug-likeness (QED) is 0.346. The van der Waals surface area contributed by atoms with E-state index in [1.54, 1.807) is 6.92 Å². The van der Waals surface area contributed by atoms with E-state index in [9.17, 15) is 9.59 Å². The lowest BCUT2D eigenvalue weighted by molar-refractivity contribution is -0.149. The maximum Gasteiger partial charge on any atom is 0.308 e. The summed E-state index contributed by atoms with van der Waals surface area (Å²) >= 11 is 0. The highest BCUT2D eigenvalue weighted by atomic mass is 16.5. The Bertz CT molecular complexity index is 289. The Kier molecular flexibility index (Phi) is 14.1. The predicted octanol–water partition coefficient (Wildman–Crippen LogP) is 4.65. The molecule has 0 aliphatic heterocycles. The second kappa shape index (κ2) is 14.9. The second-order valence-electron chi connectivity index (χ2n) is 5.70. The molecule has 130 valence electrons. The second-order valence-corrected chi connectivity index (χ2v) is 5.70. The molecule has 4 nitrogen and oxygen atoms in total. The maximum absolute atomic E-state index is 11.9. The summed E-state index contributed by atoms with van der Waals surface area (Å²) in [6.45, 7) is 6.60. The zero-order chi connectivity index (χ0) is 16.6. The fourth-order valence-corrected chi connectivity index (χ4v) is 2.51. The first-order valence-electron chi connectivity index (χ1n) is 8.97. The van der Waals surface area contributed by atoms with Gasteiger partial charge in [-0.2, -0.15) is 0 Å². The van der Waals surface area contributed by atoms with Crippen LogP contribution in [0.15, 0.2) is 0 Å². The first-order chi connectivity index (χ1) is 10.7. The van der Waals surface area contributed by atoms with E-state index in [-0.39, 0.29) is 17.9 Å². The van der Waals surface area contributed by atoms with Gasteiger partial charge in [-0.3, -0.25) is 9.59 Å². The lowest BCUT2D eigenvalue weighted by atomic mass is 9.95. The number of carbonyl (C=O) groups excluding carboxylic acids is 2. The van der Waals surface area contributed by atoms with Gasteiger partial charge in [-0.05, 0) is 26.7 Å². The largest absolute Gasteiger partial charge is 0.466 e. The molecule has 0 aromatic heterocycles. The molecular formula is C18H34O4. The van der Waals surface area contributed by atoms with Crippen LogP contribution in [0.25, 0.3) is 0 Å². The molecule has 0 heterocycles. The Balaban J connectivity index is 3.98. The Morgan fingerprint density at radius 3 is 1.95 bits per heavy atom. The van der Waals surface area contributed by atoms with Gasteiger partial charge in [-0.15, -0.1) is 0 Å². The van der Waals surface area contributed by atoms with E-state index < -0.39 is 0 Å². The summed E-state index contributed by atoms with van der Waals surface area (Å²) in [4.78, 5) is 23.4. The molecule has 1 atom stereocenters. The van der Waals surface area contributed by atoms with Crippen molar-refractivity contribution in [1.29, 1.82) is 0 Å². The minimum absolute atomic E-state index is 0.167. The van der Waals surface area contributed by atoms with Crippen LogP contribution in [0.2, 0.25) is 0 Å². The van der Waals surface area contributed by atoms with Crippen molar-refractivity contribution in [3.63, 3.8) is 0 Å². The van der Waals surface area contributed by atoms with Crippen LogP contribution >= 0.6 is 0 Å². The van der Waals surface area contributed by atoms with Crippen molar-refractivity contribution in [2.45, 2.75) is 85.0 Å². The van der Waals surface area contributed by atoms with Crippen LogP contribution in [0.5, 0.6) is 0 Å². The summed E-state index contributed by atoms with van der Waals surface area (Å²) in [7, 11) is 0. The first kappa shape index (κ1) is 20.9. The fraction of sp³-hybridized carbons (Fsp3) is 0.889. The van der Waals surface area contributed by atoms with Gasteiger partial charge in [0.15, 0.2) is 0 Å². The highest BCUT2D eigenvalue weighted by Gasteiger charge is 2.20. The molecule has 0 radical (unpaired) electrons. The topological polar surface area (TPSA) is 52.6 Å². The summed E-state index contributed by atoms with van der Waals surface area (Å²) in [5.74, 6) is -0.561. The fourth-order valence-electron chi connectivity index (χ4n) is 2.51. The van der Waals surface area contributed by atoms with E-state index in [0.29, 0.717) is 26.1 Å². The Labute approximate surface area is 135 Å². The molecule has 1 unspecified atom stereocenters. The van der Waals surface area contributed by atoms with E-state index in [1.165, 1.54) is 32.1 Å².